The maximum Gasteiger partial charge on any atom is 0.296 e. The molecule has 0 radical (unpaired) electrons. The summed E-state index contributed by atoms with van der Waals surface area (Å²) >= 11 is 0. The highest BCUT2D eigenvalue weighted by atomic mass is 32.2. The molecular formula is C35H30N2O7S2. The molecule has 1 aliphatic heterocycles. The normalized spacial score (nSPS) is 12.6. The van der Waals surface area contributed by atoms with Gasteiger partial charge in [-0.25, -0.2) is 4.99 Å². The average Bonchev–Trinajstić information content (AvgIpc) is 2.98. The third kappa shape index (κ3) is 5.81. The summed E-state index contributed by atoms with van der Waals surface area (Å²) in [6.07, 6.45) is 0. The van der Waals surface area contributed by atoms with Crippen molar-refractivity contribution in [2.45, 2.75) is 37.5 Å². The van der Waals surface area contributed by atoms with E-state index in [-0.39, 0.29) is 32.7 Å². The van der Waals surface area contributed by atoms with Gasteiger partial charge in [0.2, 0.25) is 0 Å². The summed E-state index contributed by atoms with van der Waals surface area (Å²) in [4.78, 5) is 3.78. The van der Waals surface area contributed by atoms with Crippen LogP contribution in [0.2, 0.25) is 0 Å². The number of anilines is 2. The Bertz CT molecular complexity index is 2410. The van der Waals surface area contributed by atoms with Crippen molar-refractivity contribution < 1.29 is 30.4 Å². The van der Waals surface area contributed by atoms with Gasteiger partial charge >= 0.3 is 0 Å². The van der Waals surface area contributed by atoms with Gasteiger partial charge in [0.25, 0.3) is 20.2 Å². The second kappa shape index (κ2) is 11.5. The Morgan fingerprint density at radius 2 is 1.26 bits per heavy atom. The van der Waals surface area contributed by atoms with E-state index in [1.165, 1.54) is 30.3 Å². The van der Waals surface area contributed by atoms with Gasteiger partial charge in [-0.05, 0) is 74.2 Å². The molecule has 1 heterocycles. The van der Waals surface area contributed by atoms with Crippen LogP contribution in [0.5, 0.6) is 0 Å². The highest BCUT2D eigenvalue weighted by molar-refractivity contribution is 7.86. The average molecular weight is 655 g/mol. The van der Waals surface area contributed by atoms with Crippen molar-refractivity contribution in [3.8, 4) is 22.5 Å². The summed E-state index contributed by atoms with van der Waals surface area (Å²) in [6.45, 7) is 7.67. The van der Waals surface area contributed by atoms with Crippen molar-refractivity contribution >= 4 is 48.3 Å². The lowest BCUT2D eigenvalue weighted by atomic mass is 9.93. The van der Waals surface area contributed by atoms with E-state index in [1.54, 1.807) is 24.3 Å². The largest absolute Gasteiger partial charge is 0.456 e. The van der Waals surface area contributed by atoms with Crippen LogP contribution in [0, 0.1) is 27.7 Å². The van der Waals surface area contributed by atoms with Crippen LogP contribution < -0.4 is 10.7 Å². The Balaban J connectivity index is 1.74. The van der Waals surface area contributed by atoms with E-state index in [2.05, 4.69) is 10.3 Å². The van der Waals surface area contributed by atoms with Gasteiger partial charge in [0.05, 0.1) is 11.0 Å². The van der Waals surface area contributed by atoms with Gasteiger partial charge in [-0.2, -0.15) is 16.8 Å². The van der Waals surface area contributed by atoms with Gasteiger partial charge < -0.3 is 9.73 Å². The Morgan fingerprint density at radius 1 is 0.652 bits per heavy atom. The zero-order valence-corrected chi connectivity index (χ0v) is 27.0. The summed E-state index contributed by atoms with van der Waals surface area (Å²) in [7, 11) is -9.53. The van der Waals surface area contributed by atoms with Crippen LogP contribution in [0.4, 0.5) is 17.1 Å². The number of nitrogens with zero attached hydrogens (tertiary/aromatic N) is 1. The molecule has 46 heavy (non-hydrogen) atoms. The number of nitrogens with one attached hydrogen (secondary N) is 1. The summed E-state index contributed by atoms with van der Waals surface area (Å²) in [5.41, 5.74) is 6.74. The molecule has 0 bridgehead atoms. The number of hydrogen-bond donors (Lipinski definition) is 3. The Kier molecular flexibility index (Phi) is 7.81. The van der Waals surface area contributed by atoms with Crippen LogP contribution in [-0.2, 0) is 20.2 Å². The Morgan fingerprint density at radius 3 is 1.89 bits per heavy atom. The minimum atomic E-state index is -4.82. The van der Waals surface area contributed by atoms with Crippen molar-refractivity contribution in [1.82, 2.24) is 0 Å². The number of hydrogen-bond acceptors (Lipinski definition) is 7. The molecule has 234 valence electrons. The summed E-state index contributed by atoms with van der Waals surface area (Å²) < 4.78 is 77.6. The highest BCUT2D eigenvalue weighted by Gasteiger charge is 2.26. The first-order valence-electron chi connectivity index (χ1n) is 14.3. The van der Waals surface area contributed by atoms with Crippen LogP contribution in [0.25, 0.3) is 33.4 Å². The molecule has 0 amide bonds. The van der Waals surface area contributed by atoms with Gasteiger partial charge in [-0.15, -0.1) is 0 Å². The first-order valence-corrected chi connectivity index (χ1v) is 17.1. The molecule has 1 aliphatic carbocycles. The minimum Gasteiger partial charge on any atom is -0.456 e. The van der Waals surface area contributed by atoms with Crippen LogP contribution in [-0.4, -0.2) is 25.9 Å². The molecule has 0 aromatic heterocycles. The van der Waals surface area contributed by atoms with E-state index >= 15 is 0 Å². The van der Waals surface area contributed by atoms with Crippen molar-refractivity contribution in [3.63, 3.8) is 0 Å². The maximum absolute atomic E-state index is 12.8. The molecule has 0 atom stereocenters. The molecule has 4 aromatic rings. The fourth-order valence-electron chi connectivity index (χ4n) is 5.72. The van der Waals surface area contributed by atoms with Crippen molar-refractivity contribution in [1.29, 1.82) is 0 Å². The molecule has 0 fully saturated rings. The zero-order valence-electron chi connectivity index (χ0n) is 25.4. The third-order valence-corrected chi connectivity index (χ3v) is 9.73. The molecule has 11 heteroatoms. The highest BCUT2D eigenvalue weighted by Crippen LogP contribution is 2.43. The van der Waals surface area contributed by atoms with E-state index in [0.717, 1.165) is 27.9 Å². The molecule has 0 saturated carbocycles. The van der Waals surface area contributed by atoms with Gasteiger partial charge in [-0.3, -0.25) is 9.11 Å². The number of para-hydroxylation sites is 2. The van der Waals surface area contributed by atoms with Crippen LogP contribution in [0.15, 0.2) is 110 Å². The molecule has 0 unspecified atom stereocenters. The lowest BCUT2D eigenvalue weighted by Gasteiger charge is -2.19. The van der Waals surface area contributed by atoms with Crippen LogP contribution in [0.1, 0.15) is 22.3 Å². The first kappa shape index (κ1) is 31.2. The van der Waals surface area contributed by atoms with Gasteiger partial charge in [0, 0.05) is 45.6 Å². The molecule has 0 saturated heterocycles. The number of benzene rings is 5. The lowest BCUT2D eigenvalue weighted by molar-refractivity contribution is 0.480. The Hall–Kier alpha value is -4.81. The molecule has 4 aromatic carbocycles. The molecule has 6 rings (SSSR count). The second-order valence-corrected chi connectivity index (χ2v) is 14.0. The van der Waals surface area contributed by atoms with E-state index in [9.17, 15) is 25.9 Å². The van der Waals surface area contributed by atoms with E-state index < -0.39 is 25.1 Å². The van der Waals surface area contributed by atoms with Crippen molar-refractivity contribution in [3.05, 3.63) is 119 Å². The lowest BCUT2D eigenvalue weighted by Crippen LogP contribution is -2.16. The van der Waals surface area contributed by atoms with Gasteiger partial charge in [-0.1, -0.05) is 54.6 Å². The smallest absolute Gasteiger partial charge is 0.296 e. The molecule has 9 nitrogen and oxygen atoms in total. The number of aryl methyl sites for hydroxylation is 4. The molecular weight excluding hydrogens is 625 g/mol. The van der Waals surface area contributed by atoms with Gasteiger partial charge in [0.15, 0.2) is 0 Å². The predicted molar refractivity (Wildman–Crippen MR) is 178 cm³/mol. The minimum absolute atomic E-state index is 0.0608. The van der Waals surface area contributed by atoms with E-state index in [4.69, 9.17) is 4.42 Å². The van der Waals surface area contributed by atoms with Gasteiger partial charge in [0.1, 0.15) is 21.1 Å². The van der Waals surface area contributed by atoms with Crippen LogP contribution in [0.3, 0.4) is 0 Å². The number of rotatable bonds is 6. The summed E-state index contributed by atoms with van der Waals surface area (Å²) in [5, 5.41) is 3.81. The van der Waals surface area contributed by atoms with Crippen molar-refractivity contribution in [2.75, 3.05) is 5.32 Å². The standard InChI is InChI=1S/C35H30N2O7S2/c1-20-9-7-10-21(2)34(20)36-24-15-16-25-29(17-24)44-30-19-28(37-35-22(3)11-8-12-23(35)4)32(46(41,42)43)18-27(30)33(25)26-13-5-6-14-31(26)45(38,39)40/h5-19,36H,1-4H3,(H,38,39,40)(H,41,42,43). The van der Waals surface area contributed by atoms with Crippen molar-refractivity contribution in [2.24, 2.45) is 4.99 Å². The fourth-order valence-corrected chi connectivity index (χ4v) is 7.06. The van der Waals surface area contributed by atoms with E-state index in [1.807, 2.05) is 64.1 Å². The SMILES string of the molecule is Cc1cccc(C)c1N=c1cc2oc3cc(Nc4c(C)cccc4C)ccc3c(-c3ccccc3S(=O)(=O)O)c-2cc1S(=O)(=O)O. The summed E-state index contributed by atoms with van der Waals surface area (Å²) in [6, 6.07) is 25.3. The first-order chi connectivity index (χ1) is 21.7. The Labute approximate surface area is 266 Å². The summed E-state index contributed by atoms with van der Waals surface area (Å²) in [5.74, 6) is 0.175. The predicted octanol–water partition coefficient (Wildman–Crippen LogP) is 7.91. The van der Waals surface area contributed by atoms with Crippen LogP contribution >= 0.6 is 0 Å². The number of fused-ring (bicyclic) bond motifs is 2. The maximum atomic E-state index is 12.8. The molecule has 3 N–H and O–H groups in total. The monoisotopic (exact) mass is 654 g/mol. The molecule has 0 spiro atoms. The fraction of sp³-hybridized carbons (Fsp3) is 0.114. The van der Waals surface area contributed by atoms with E-state index in [0.29, 0.717) is 22.3 Å². The zero-order chi connectivity index (χ0) is 33.0. The quantitative estimate of drug-likeness (QED) is 0.121. The molecule has 2 aliphatic rings. The second-order valence-electron chi connectivity index (χ2n) is 11.2. The third-order valence-electron chi connectivity index (χ3n) is 7.94. The topological polar surface area (TPSA) is 146 Å².